The van der Waals surface area contributed by atoms with Crippen LogP contribution in [0.5, 0.6) is 11.5 Å². The van der Waals surface area contributed by atoms with E-state index in [9.17, 15) is 25.1 Å². The van der Waals surface area contributed by atoms with E-state index in [-0.39, 0.29) is 29.8 Å². The van der Waals surface area contributed by atoms with Gasteiger partial charge in [-0.1, -0.05) is 11.3 Å². The Morgan fingerprint density at radius 3 is 2.93 bits per heavy atom. The lowest BCUT2D eigenvalue weighted by molar-refractivity contribution is -0.0946. The number of benzene rings is 1. The van der Waals surface area contributed by atoms with Crippen LogP contribution in [0, 0.1) is 0 Å². The number of nitrogens with zero attached hydrogens (tertiary/aromatic N) is 4. The van der Waals surface area contributed by atoms with Crippen LogP contribution in [-0.2, 0) is 19.6 Å². The van der Waals surface area contributed by atoms with Crippen LogP contribution < -0.4 is 9.39 Å². The summed E-state index contributed by atoms with van der Waals surface area (Å²) in [6, 6.07) is 3.37. The number of hydrogen-bond donors (Lipinski definition) is 4. The molecule has 2 aliphatic rings. The van der Waals surface area contributed by atoms with Crippen LogP contribution >= 0.6 is 0 Å². The number of ether oxygens (including phenoxy) is 1. The third-order valence-electron chi connectivity index (χ3n) is 5.38. The van der Waals surface area contributed by atoms with E-state index in [4.69, 9.17) is 9.39 Å². The standard InChI is InChI=1S/C18H23BN4O7/c24-10-12-7-20-21-23(12)6-4-15(25)22-8-13(9-22)29-14-2-1-11-3-5-19(28)30-17(11)16(14)18(26)27/h1-2,7,13,15,24-25,28H,3-6,8-10H2,(H,26,27). The fourth-order valence-corrected chi connectivity index (χ4v) is 3.69. The maximum Gasteiger partial charge on any atom is 0.522 e. The van der Waals surface area contributed by atoms with Crippen LogP contribution in [0.1, 0.15) is 28.0 Å². The van der Waals surface area contributed by atoms with Crippen LogP contribution in [0.15, 0.2) is 18.3 Å². The zero-order chi connectivity index (χ0) is 21.3. The van der Waals surface area contributed by atoms with Gasteiger partial charge in [0.05, 0.1) is 18.5 Å². The van der Waals surface area contributed by atoms with Gasteiger partial charge in [-0.25, -0.2) is 9.48 Å². The lowest BCUT2D eigenvalue weighted by Gasteiger charge is -2.42. The Morgan fingerprint density at radius 1 is 1.40 bits per heavy atom. The SMILES string of the molecule is O=C(O)c1c(OC2CN(C(O)CCn3nncc3CO)C2)ccc2c1OB(O)CC2. The molecule has 11 nitrogen and oxygen atoms in total. The maximum atomic E-state index is 11.8. The number of aryl methyl sites for hydroxylation is 2. The summed E-state index contributed by atoms with van der Waals surface area (Å²) in [5.41, 5.74) is 1.21. The van der Waals surface area contributed by atoms with E-state index in [1.807, 2.05) is 0 Å². The van der Waals surface area contributed by atoms with Crippen molar-refractivity contribution in [2.24, 2.45) is 0 Å². The van der Waals surface area contributed by atoms with Crippen molar-refractivity contribution in [3.05, 3.63) is 35.2 Å². The van der Waals surface area contributed by atoms with Gasteiger partial charge in [-0.05, 0) is 24.4 Å². The van der Waals surface area contributed by atoms with Gasteiger partial charge in [0.15, 0.2) is 0 Å². The number of aromatic carboxylic acids is 1. The smallest absolute Gasteiger partial charge is 0.522 e. The van der Waals surface area contributed by atoms with Crippen molar-refractivity contribution >= 4 is 13.1 Å². The van der Waals surface area contributed by atoms with Gasteiger partial charge in [-0.3, -0.25) is 4.90 Å². The number of fused-ring (bicyclic) bond motifs is 1. The zero-order valence-corrected chi connectivity index (χ0v) is 16.2. The molecule has 0 spiro atoms. The molecule has 4 N–H and O–H groups in total. The average molecular weight is 418 g/mol. The number of aromatic nitrogens is 3. The number of likely N-dealkylation sites (tertiary alicyclic amines) is 1. The van der Waals surface area contributed by atoms with Gasteiger partial charge in [0, 0.05) is 26.1 Å². The number of rotatable bonds is 8. The van der Waals surface area contributed by atoms with Gasteiger partial charge >= 0.3 is 13.1 Å². The summed E-state index contributed by atoms with van der Waals surface area (Å²) in [6.07, 6.45) is 1.82. The minimum absolute atomic E-state index is 0.0898. The molecule has 0 saturated carbocycles. The first-order valence-electron chi connectivity index (χ1n) is 9.77. The minimum Gasteiger partial charge on any atom is -0.535 e. The summed E-state index contributed by atoms with van der Waals surface area (Å²) in [4.78, 5) is 13.6. The average Bonchev–Trinajstić information content (AvgIpc) is 3.15. The van der Waals surface area contributed by atoms with Crippen LogP contribution in [0.25, 0.3) is 0 Å². The number of aliphatic hydroxyl groups is 2. The highest BCUT2D eigenvalue weighted by molar-refractivity contribution is 6.44. The molecule has 1 atom stereocenters. The largest absolute Gasteiger partial charge is 0.535 e. The normalized spacial score (nSPS) is 17.8. The highest BCUT2D eigenvalue weighted by Crippen LogP contribution is 2.37. The van der Waals surface area contributed by atoms with E-state index in [1.165, 1.54) is 10.9 Å². The second kappa shape index (κ2) is 8.60. The van der Waals surface area contributed by atoms with E-state index < -0.39 is 19.3 Å². The molecule has 0 amide bonds. The highest BCUT2D eigenvalue weighted by atomic mass is 16.5. The van der Waals surface area contributed by atoms with Crippen molar-refractivity contribution in [3.8, 4) is 11.5 Å². The van der Waals surface area contributed by atoms with Gasteiger partial charge < -0.3 is 29.7 Å². The van der Waals surface area contributed by atoms with E-state index in [0.29, 0.717) is 44.5 Å². The summed E-state index contributed by atoms with van der Waals surface area (Å²) in [7, 11) is -1.03. The Labute approximate surface area is 172 Å². The predicted octanol–water partition coefficient (Wildman–Crippen LogP) is -0.644. The fraction of sp³-hybridized carbons (Fsp3) is 0.500. The predicted molar refractivity (Wildman–Crippen MR) is 103 cm³/mol. The Balaban J connectivity index is 1.34. The molecule has 30 heavy (non-hydrogen) atoms. The summed E-state index contributed by atoms with van der Waals surface area (Å²) in [6.45, 7) is 1.11. The van der Waals surface area contributed by atoms with Crippen LogP contribution in [0.3, 0.4) is 0 Å². The molecule has 1 saturated heterocycles. The molecule has 3 heterocycles. The molecule has 0 radical (unpaired) electrons. The van der Waals surface area contributed by atoms with Gasteiger partial charge in [0.1, 0.15) is 29.4 Å². The van der Waals surface area contributed by atoms with Crippen molar-refractivity contribution in [1.82, 2.24) is 19.9 Å². The van der Waals surface area contributed by atoms with E-state index in [0.717, 1.165) is 5.56 Å². The molecular weight excluding hydrogens is 395 g/mol. The van der Waals surface area contributed by atoms with E-state index in [1.54, 1.807) is 17.0 Å². The third-order valence-corrected chi connectivity index (χ3v) is 5.38. The Bertz CT molecular complexity index is 918. The molecule has 1 aromatic heterocycles. The molecule has 160 valence electrons. The number of aliphatic hydroxyl groups excluding tert-OH is 2. The third kappa shape index (κ3) is 4.12. The second-order valence-corrected chi connectivity index (χ2v) is 7.41. The van der Waals surface area contributed by atoms with Crippen LogP contribution in [0.2, 0.25) is 6.32 Å². The van der Waals surface area contributed by atoms with Gasteiger partial charge in [0.25, 0.3) is 0 Å². The van der Waals surface area contributed by atoms with Crippen molar-refractivity contribution in [2.45, 2.75) is 44.6 Å². The number of carboxylic acid groups (broad SMARTS) is 1. The van der Waals surface area contributed by atoms with Crippen molar-refractivity contribution in [2.75, 3.05) is 13.1 Å². The van der Waals surface area contributed by atoms with Crippen molar-refractivity contribution in [3.63, 3.8) is 0 Å². The summed E-state index contributed by atoms with van der Waals surface area (Å²) < 4.78 is 12.8. The minimum atomic E-state index is -1.18. The van der Waals surface area contributed by atoms with Gasteiger partial charge in [-0.2, -0.15) is 0 Å². The second-order valence-electron chi connectivity index (χ2n) is 7.41. The van der Waals surface area contributed by atoms with Crippen molar-refractivity contribution in [1.29, 1.82) is 0 Å². The quantitative estimate of drug-likeness (QED) is 0.408. The first-order valence-corrected chi connectivity index (χ1v) is 9.77. The first kappa shape index (κ1) is 20.6. The first-order chi connectivity index (χ1) is 14.5. The highest BCUT2D eigenvalue weighted by Gasteiger charge is 2.35. The molecule has 1 unspecified atom stereocenters. The lowest BCUT2D eigenvalue weighted by Crippen LogP contribution is -2.58. The van der Waals surface area contributed by atoms with Crippen LogP contribution in [-0.4, -0.2) is 78.7 Å². The topological polar surface area (TPSA) is 150 Å². The van der Waals surface area contributed by atoms with Gasteiger partial charge in [-0.15, -0.1) is 5.10 Å². The van der Waals surface area contributed by atoms with E-state index >= 15 is 0 Å². The molecule has 2 aliphatic heterocycles. The molecule has 1 fully saturated rings. The van der Waals surface area contributed by atoms with Gasteiger partial charge in [0.2, 0.25) is 0 Å². The summed E-state index contributed by atoms with van der Waals surface area (Å²) >= 11 is 0. The van der Waals surface area contributed by atoms with Crippen LogP contribution in [0.4, 0.5) is 0 Å². The zero-order valence-electron chi connectivity index (χ0n) is 16.2. The Morgan fingerprint density at radius 2 is 2.20 bits per heavy atom. The number of carboxylic acids is 1. The molecular formula is C18H23BN4O7. The summed E-state index contributed by atoms with van der Waals surface area (Å²) in [5, 5.41) is 46.5. The Kier molecular flexibility index (Phi) is 5.91. The lowest BCUT2D eigenvalue weighted by atomic mass is 9.78. The molecule has 1 aromatic carbocycles. The Hall–Kier alpha value is -2.67. The number of hydrogen-bond acceptors (Lipinski definition) is 9. The maximum absolute atomic E-state index is 11.8. The number of carbonyl (C=O) groups is 1. The van der Waals surface area contributed by atoms with Crippen molar-refractivity contribution < 1.29 is 34.5 Å². The molecule has 0 aliphatic carbocycles. The monoisotopic (exact) mass is 418 g/mol. The molecule has 4 rings (SSSR count). The van der Waals surface area contributed by atoms with E-state index in [2.05, 4.69) is 10.3 Å². The molecule has 2 aromatic rings. The summed E-state index contributed by atoms with van der Waals surface area (Å²) in [5.74, 6) is -0.841. The fourth-order valence-electron chi connectivity index (χ4n) is 3.69. The molecule has 0 bridgehead atoms. The molecule has 12 heteroatoms.